The Morgan fingerprint density at radius 2 is 1.64 bits per heavy atom. The highest BCUT2D eigenvalue weighted by molar-refractivity contribution is 5.86. The second-order valence-electron chi connectivity index (χ2n) is 2.80. The fraction of sp³-hybridized carbons (Fsp3) is 0.750. The van der Waals surface area contributed by atoms with Crippen molar-refractivity contribution in [2.24, 2.45) is 11.8 Å². The number of hydrogen-bond donors (Lipinski definition) is 1. The van der Waals surface area contributed by atoms with Crippen molar-refractivity contribution in [3.05, 3.63) is 0 Å². The first-order chi connectivity index (χ1) is 5.00. The number of hydrogen-bond acceptors (Lipinski definition) is 2. The van der Waals surface area contributed by atoms with Gasteiger partial charge in [0, 0.05) is 18.9 Å². The summed E-state index contributed by atoms with van der Waals surface area (Å²) >= 11 is 0. The van der Waals surface area contributed by atoms with Crippen LogP contribution in [-0.4, -0.2) is 18.7 Å². The van der Waals surface area contributed by atoms with E-state index in [0.717, 1.165) is 0 Å². The first-order valence-corrected chi connectivity index (χ1v) is 3.72. The zero-order chi connectivity index (χ0) is 9.02. The molecule has 3 heteroatoms. The van der Waals surface area contributed by atoms with E-state index in [2.05, 4.69) is 5.32 Å². The van der Waals surface area contributed by atoms with Crippen LogP contribution in [0, 0.1) is 11.8 Å². The van der Waals surface area contributed by atoms with Gasteiger partial charge in [0.25, 0.3) is 0 Å². The Hall–Kier alpha value is -0.860. The summed E-state index contributed by atoms with van der Waals surface area (Å²) in [5.41, 5.74) is 0. The van der Waals surface area contributed by atoms with E-state index in [9.17, 15) is 9.59 Å². The van der Waals surface area contributed by atoms with Crippen LogP contribution in [-0.2, 0) is 9.59 Å². The molecule has 0 aliphatic carbocycles. The summed E-state index contributed by atoms with van der Waals surface area (Å²) in [6, 6.07) is 0. The normalized spacial score (nSPS) is 15.3. The quantitative estimate of drug-likeness (QED) is 0.651. The van der Waals surface area contributed by atoms with E-state index >= 15 is 0 Å². The Bertz CT molecular complexity index is 165. The van der Waals surface area contributed by atoms with Gasteiger partial charge >= 0.3 is 0 Å². The summed E-state index contributed by atoms with van der Waals surface area (Å²) in [6.45, 7) is 5.03. The lowest BCUT2D eigenvalue weighted by Gasteiger charge is -2.14. The predicted molar refractivity (Wildman–Crippen MR) is 43.1 cm³/mol. The fourth-order valence-electron chi connectivity index (χ4n) is 0.807. The highest BCUT2D eigenvalue weighted by Gasteiger charge is 2.21. The van der Waals surface area contributed by atoms with Crippen molar-refractivity contribution in [1.82, 2.24) is 5.32 Å². The van der Waals surface area contributed by atoms with E-state index in [0.29, 0.717) is 0 Å². The van der Waals surface area contributed by atoms with Crippen LogP contribution in [0.15, 0.2) is 0 Å². The van der Waals surface area contributed by atoms with Crippen molar-refractivity contribution in [3.63, 3.8) is 0 Å². The van der Waals surface area contributed by atoms with Gasteiger partial charge < -0.3 is 5.32 Å². The summed E-state index contributed by atoms with van der Waals surface area (Å²) in [5, 5.41) is 2.51. The molecule has 0 aliphatic rings. The van der Waals surface area contributed by atoms with Crippen LogP contribution in [0.3, 0.4) is 0 Å². The van der Waals surface area contributed by atoms with Crippen molar-refractivity contribution in [2.45, 2.75) is 20.8 Å². The molecular weight excluding hydrogens is 142 g/mol. The minimum atomic E-state index is -0.225. The Morgan fingerprint density at radius 1 is 1.18 bits per heavy atom. The van der Waals surface area contributed by atoms with Crippen molar-refractivity contribution < 1.29 is 9.59 Å². The second-order valence-corrected chi connectivity index (χ2v) is 2.80. The molecule has 0 fully saturated rings. The average molecular weight is 157 g/mol. The number of rotatable bonds is 3. The smallest absolute Gasteiger partial charge is 0.223 e. The van der Waals surface area contributed by atoms with Crippen LogP contribution in [0.2, 0.25) is 0 Å². The SMILES string of the molecule is CNC(=O)C(C)C(C)C(C)=O. The van der Waals surface area contributed by atoms with Gasteiger partial charge in [-0.15, -0.1) is 0 Å². The van der Waals surface area contributed by atoms with Crippen molar-refractivity contribution >= 4 is 11.7 Å². The molecule has 1 N–H and O–H groups in total. The Kier molecular flexibility index (Phi) is 3.79. The van der Waals surface area contributed by atoms with Gasteiger partial charge in [0.2, 0.25) is 5.91 Å². The zero-order valence-corrected chi connectivity index (χ0v) is 7.47. The zero-order valence-electron chi connectivity index (χ0n) is 7.47. The fourth-order valence-corrected chi connectivity index (χ4v) is 0.807. The van der Waals surface area contributed by atoms with Crippen molar-refractivity contribution in [3.8, 4) is 0 Å². The topological polar surface area (TPSA) is 46.2 Å². The largest absolute Gasteiger partial charge is 0.359 e. The summed E-state index contributed by atoms with van der Waals surface area (Å²) < 4.78 is 0. The summed E-state index contributed by atoms with van der Waals surface area (Å²) in [7, 11) is 1.58. The molecule has 0 bridgehead atoms. The predicted octanol–water partition coefficient (Wildman–Crippen LogP) is 0.594. The molecule has 0 saturated carbocycles. The number of amides is 1. The lowest BCUT2D eigenvalue weighted by atomic mass is 9.92. The molecule has 2 atom stereocenters. The van der Waals surface area contributed by atoms with E-state index in [1.165, 1.54) is 6.92 Å². The van der Waals surface area contributed by atoms with Gasteiger partial charge in [-0.3, -0.25) is 9.59 Å². The minimum Gasteiger partial charge on any atom is -0.359 e. The molecule has 0 spiro atoms. The van der Waals surface area contributed by atoms with Gasteiger partial charge in [0.05, 0.1) is 0 Å². The molecular formula is C8H15NO2. The Balaban J connectivity index is 4.12. The third-order valence-corrected chi connectivity index (χ3v) is 2.05. The minimum absolute atomic E-state index is 0.0566. The maximum absolute atomic E-state index is 11.0. The molecule has 0 radical (unpaired) electrons. The van der Waals surface area contributed by atoms with E-state index in [4.69, 9.17) is 0 Å². The van der Waals surface area contributed by atoms with Gasteiger partial charge in [0.1, 0.15) is 5.78 Å². The van der Waals surface area contributed by atoms with Crippen LogP contribution in [0.25, 0.3) is 0 Å². The first-order valence-electron chi connectivity index (χ1n) is 3.72. The molecule has 0 aromatic rings. The number of Topliss-reactive ketones (excluding diaryl/α,β-unsaturated/α-hetero) is 1. The molecule has 0 aromatic heterocycles. The van der Waals surface area contributed by atoms with E-state index in [1.54, 1.807) is 20.9 Å². The highest BCUT2D eigenvalue weighted by atomic mass is 16.2. The van der Waals surface area contributed by atoms with Gasteiger partial charge in [-0.05, 0) is 6.92 Å². The highest BCUT2D eigenvalue weighted by Crippen LogP contribution is 2.11. The van der Waals surface area contributed by atoms with Crippen molar-refractivity contribution in [2.75, 3.05) is 7.05 Å². The van der Waals surface area contributed by atoms with Crippen LogP contribution in [0.4, 0.5) is 0 Å². The molecule has 64 valence electrons. The standard InChI is InChI=1S/C8H15NO2/c1-5(7(3)10)6(2)8(11)9-4/h5-6H,1-4H3,(H,9,11). The first kappa shape index (κ1) is 10.1. The number of carbonyl (C=O) groups excluding carboxylic acids is 2. The van der Waals surface area contributed by atoms with Crippen LogP contribution < -0.4 is 5.32 Å². The lowest BCUT2D eigenvalue weighted by Crippen LogP contribution is -2.32. The molecule has 1 amide bonds. The number of nitrogens with one attached hydrogen (secondary N) is 1. The number of ketones is 1. The van der Waals surface area contributed by atoms with E-state index in [-0.39, 0.29) is 23.5 Å². The van der Waals surface area contributed by atoms with E-state index < -0.39 is 0 Å². The Labute approximate surface area is 67.2 Å². The molecule has 0 saturated heterocycles. The van der Waals surface area contributed by atoms with Crippen LogP contribution in [0.5, 0.6) is 0 Å². The molecule has 3 nitrogen and oxygen atoms in total. The molecule has 0 aliphatic heterocycles. The molecule has 11 heavy (non-hydrogen) atoms. The summed E-state index contributed by atoms with van der Waals surface area (Å²) in [4.78, 5) is 21.8. The van der Waals surface area contributed by atoms with Crippen LogP contribution >= 0.6 is 0 Å². The summed E-state index contributed by atoms with van der Waals surface area (Å²) in [6.07, 6.45) is 0. The third-order valence-electron chi connectivity index (χ3n) is 2.05. The maximum atomic E-state index is 11.0. The van der Waals surface area contributed by atoms with Gasteiger partial charge in [-0.1, -0.05) is 13.8 Å². The molecule has 0 aromatic carbocycles. The molecule has 0 heterocycles. The third kappa shape index (κ3) is 2.70. The molecule has 2 unspecified atom stereocenters. The van der Waals surface area contributed by atoms with Crippen LogP contribution in [0.1, 0.15) is 20.8 Å². The summed E-state index contributed by atoms with van der Waals surface area (Å²) in [5.74, 6) is -0.429. The second kappa shape index (κ2) is 4.11. The average Bonchev–Trinajstić information content (AvgIpc) is 2.00. The van der Waals surface area contributed by atoms with E-state index in [1.807, 2.05) is 0 Å². The lowest BCUT2D eigenvalue weighted by molar-refractivity contribution is -0.131. The monoisotopic (exact) mass is 157 g/mol. The van der Waals surface area contributed by atoms with Gasteiger partial charge in [-0.2, -0.15) is 0 Å². The van der Waals surface area contributed by atoms with Gasteiger partial charge in [-0.25, -0.2) is 0 Å². The number of carbonyl (C=O) groups is 2. The maximum Gasteiger partial charge on any atom is 0.223 e. The van der Waals surface area contributed by atoms with Crippen molar-refractivity contribution in [1.29, 1.82) is 0 Å². The van der Waals surface area contributed by atoms with Gasteiger partial charge in [0.15, 0.2) is 0 Å². The molecule has 0 rings (SSSR count). The Morgan fingerprint density at radius 3 is 1.91 bits per heavy atom.